The highest BCUT2D eigenvalue weighted by atomic mass is 35.5. The van der Waals surface area contributed by atoms with Crippen LogP contribution in [0.1, 0.15) is 29.4 Å². The molecule has 1 aliphatic carbocycles. The maximum absolute atomic E-state index is 14.6. The lowest BCUT2D eigenvalue weighted by Crippen LogP contribution is -2.43. The summed E-state index contributed by atoms with van der Waals surface area (Å²) in [5, 5.41) is 12.9. The Morgan fingerprint density at radius 3 is 2.42 bits per heavy atom. The van der Waals surface area contributed by atoms with Crippen LogP contribution in [0.5, 0.6) is 0 Å². The Morgan fingerprint density at radius 2 is 1.85 bits per heavy atom. The maximum atomic E-state index is 14.6. The molecule has 7 nitrogen and oxygen atoms in total. The number of anilines is 1. The van der Waals surface area contributed by atoms with Gasteiger partial charge in [0, 0.05) is 43.7 Å². The smallest absolute Gasteiger partial charge is 0.352 e. The number of rotatable bonds is 3. The van der Waals surface area contributed by atoms with E-state index in [9.17, 15) is 19.1 Å². The molecule has 4 N–H and O–H groups in total. The zero-order valence-electron chi connectivity index (χ0n) is 14.0. The van der Waals surface area contributed by atoms with Crippen LogP contribution in [0.25, 0.3) is 10.9 Å². The first-order chi connectivity index (χ1) is 11.6. The van der Waals surface area contributed by atoms with Gasteiger partial charge in [-0.15, -0.1) is 12.4 Å². The van der Waals surface area contributed by atoms with Crippen LogP contribution < -0.4 is 15.6 Å². The molecular formula is C17H21ClFN3O4. The Hall–Kier alpha value is -2.16. The summed E-state index contributed by atoms with van der Waals surface area (Å²) in [6.45, 7) is 2.88. The molecule has 1 aromatic heterocycles. The number of carboxylic acid groups (broad SMARTS) is 1. The van der Waals surface area contributed by atoms with E-state index >= 15 is 0 Å². The molecule has 1 saturated heterocycles. The summed E-state index contributed by atoms with van der Waals surface area (Å²) in [6, 6.07) is 4.06. The van der Waals surface area contributed by atoms with Gasteiger partial charge >= 0.3 is 5.97 Å². The molecule has 4 rings (SSSR count). The number of fused-ring (bicyclic) bond motifs is 1. The lowest BCUT2D eigenvalue weighted by atomic mass is 10.1. The van der Waals surface area contributed by atoms with Crippen molar-refractivity contribution in [3.8, 4) is 0 Å². The number of hydrogen-bond acceptors (Lipinski definition) is 4. The molecule has 0 atom stereocenters. The Labute approximate surface area is 155 Å². The van der Waals surface area contributed by atoms with E-state index in [1.54, 1.807) is 10.6 Å². The van der Waals surface area contributed by atoms with Crippen molar-refractivity contribution < 1.29 is 19.8 Å². The fraction of sp³-hybridized carbons (Fsp3) is 0.412. The van der Waals surface area contributed by atoms with E-state index in [1.165, 1.54) is 6.07 Å². The predicted octanol–water partition coefficient (Wildman–Crippen LogP) is 1.18. The molecule has 142 valence electrons. The highest BCUT2D eigenvalue weighted by Gasteiger charge is 2.30. The molecule has 2 fully saturated rings. The summed E-state index contributed by atoms with van der Waals surface area (Å²) >= 11 is 0. The van der Waals surface area contributed by atoms with Crippen LogP contribution in [0, 0.1) is 5.82 Å². The maximum Gasteiger partial charge on any atom is 0.352 e. The highest BCUT2D eigenvalue weighted by molar-refractivity contribution is 5.92. The molecule has 1 aromatic carbocycles. The van der Waals surface area contributed by atoms with E-state index in [4.69, 9.17) is 0 Å². The van der Waals surface area contributed by atoms with Crippen LogP contribution >= 0.6 is 12.4 Å². The molecule has 0 spiro atoms. The van der Waals surface area contributed by atoms with Crippen LogP contribution in [0.4, 0.5) is 10.1 Å². The van der Waals surface area contributed by atoms with Crippen molar-refractivity contribution in [2.75, 3.05) is 31.1 Å². The molecule has 1 aliphatic heterocycles. The van der Waals surface area contributed by atoms with E-state index in [1.807, 2.05) is 4.90 Å². The molecule has 0 radical (unpaired) electrons. The van der Waals surface area contributed by atoms with Gasteiger partial charge in [0.15, 0.2) is 5.43 Å². The van der Waals surface area contributed by atoms with Crippen molar-refractivity contribution in [2.24, 2.45) is 0 Å². The van der Waals surface area contributed by atoms with Crippen LogP contribution in [-0.4, -0.2) is 47.3 Å². The highest BCUT2D eigenvalue weighted by Crippen LogP contribution is 2.39. The lowest BCUT2D eigenvalue weighted by molar-refractivity contribution is 0.0684. The van der Waals surface area contributed by atoms with Gasteiger partial charge in [-0.25, -0.2) is 9.18 Å². The van der Waals surface area contributed by atoms with Crippen LogP contribution in [-0.2, 0) is 0 Å². The van der Waals surface area contributed by atoms with Gasteiger partial charge in [-0.2, -0.15) is 0 Å². The number of nitrogens with one attached hydrogen (secondary N) is 1. The molecule has 0 bridgehead atoms. The average Bonchev–Trinajstić information content (AvgIpc) is 3.40. The van der Waals surface area contributed by atoms with Gasteiger partial charge in [0.2, 0.25) is 0 Å². The first-order valence-electron chi connectivity index (χ1n) is 8.14. The number of hydrogen-bond donors (Lipinski definition) is 2. The van der Waals surface area contributed by atoms with E-state index in [0.29, 0.717) is 24.3 Å². The van der Waals surface area contributed by atoms with Gasteiger partial charge in [-0.1, -0.05) is 0 Å². The third-order valence-electron chi connectivity index (χ3n) is 4.71. The third kappa shape index (κ3) is 3.40. The first-order valence-corrected chi connectivity index (χ1v) is 8.14. The minimum absolute atomic E-state index is 0. The number of halogens is 2. The van der Waals surface area contributed by atoms with Gasteiger partial charge < -0.3 is 25.4 Å². The number of piperazine rings is 1. The van der Waals surface area contributed by atoms with E-state index in [0.717, 1.165) is 32.0 Å². The second-order valence-electron chi connectivity index (χ2n) is 6.36. The second kappa shape index (κ2) is 7.61. The molecule has 0 unspecified atom stereocenters. The van der Waals surface area contributed by atoms with Crippen LogP contribution in [0.2, 0.25) is 0 Å². The Kier molecular flexibility index (Phi) is 5.90. The van der Waals surface area contributed by atoms with E-state index < -0.39 is 17.2 Å². The SMILES string of the molecule is Cl.O.O=C(O)c1cc(=O)c2cc(F)c(N3CCNCC3)cc2n1C1CC1. The standard InChI is InChI=1S/C17H18FN3O3.ClH.H2O/c18-12-7-11-13(8-14(12)20-5-3-19-4-6-20)21(10-1-2-10)15(17(23)24)9-16(11)22;;/h7-10,19H,1-6H2,(H,23,24);1H;1H2. The number of carbonyl (C=O) groups is 1. The van der Waals surface area contributed by atoms with E-state index in [2.05, 4.69) is 5.32 Å². The Balaban J connectivity index is 0.00000121. The molecule has 0 amide bonds. The molecule has 9 heteroatoms. The number of pyridine rings is 1. The second-order valence-corrected chi connectivity index (χ2v) is 6.36. The molecule has 1 saturated carbocycles. The van der Waals surface area contributed by atoms with Gasteiger partial charge in [-0.3, -0.25) is 4.79 Å². The molecular weight excluding hydrogens is 365 g/mol. The minimum atomic E-state index is -1.13. The van der Waals surface area contributed by atoms with Crippen molar-refractivity contribution in [1.82, 2.24) is 9.88 Å². The fourth-order valence-electron chi connectivity index (χ4n) is 3.39. The monoisotopic (exact) mass is 385 g/mol. The largest absolute Gasteiger partial charge is 0.477 e. The number of carboxylic acids is 1. The summed E-state index contributed by atoms with van der Waals surface area (Å²) in [5.74, 6) is -1.57. The minimum Gasteiger partial charge on any atom is -0.477 e. The first kappa shape index (κ1) is 20.2. The Morgan fingerprint density at radius 1 is 1.19 bits per heavy atom. The van der Waals surface area contributed by atoms with Crippen molar-refractivity contribution >= 4 is 35.0 Å². The summed E-state index contributed by atoms with van der Waals surface area (Å²) < 4.78 is 16.2. The Bertz CT molecular complexity index is 892. The summed E-state index contributed by atoms with van der Waals surface area (Å²) in [7, 11) is 0. The van der Waals surface area contributed by atoms with Gasteiger partial charge in [0.05, 0.1) is 11.2 Å². The molecule has 2 heterocycles. The number of aromatic nitrogens is 1. The van der Waals surface area contributed by atoms with Crippen molar-refractivity contribution in [1.29, 1.82) is 0 Å². The van der Waals surface area contributed by atoms with Gasteiger partial charge in [0.25, 0.3) is 0 Å². The van der Waals surface area contributed by atoms with Crippen molar-refractivity contribution in [3.05, 3.63) is 39.9 Å². The molecule has 2 aromatic rings. The van der Waals surface area contributed by atoms with Crippen LogP contribution in [0.15, 0.2) is 23.0 Å². The third-order valence-corrected chi connectivity index (χ3v) is 4.71. The van der Waals surface area contributed by atoms with Crippen LogP contribution in [0.3, 0.4) is 0 Å². The van der Waals surface area contributed by atoms with Gasteiger partial charge in [-0.05, 0) is 25.0 Å². The summed E-state index contributed by atoms with van der Waals surface area (Å²) in [4.78, 5) is 25.8. The summed E-state index contributed by atoms with van der Waals surface area (Å²) in [6.07, 6.45) is 1.75. The molecule has 26 heavy (non-hydrogen) atoms. The van der Waals surface area contributed by atoms with Crippen molar-refractivity contribution in [2.45, 2.75) is 18.9 Å². The summed E-state index contributed by atoms with van der Waals surface area (Å²) in [5.41, 5.74) is 0.468. The average molecular weight is 386 g/mol. The topological polar surface area (TPSA) is 106 Å². The number of benzene rings is 1. The fourth-order valence-corrected chi connectivity index (χ4v) is 3.39. The van der Waals surface area contributed by atoms with E-state index in [-0.39, 0.29) is 35.0 Å². The van der Waals surface area contributed by atoms with Gasteiger partial charge in [0.1, 0.15) is 11.5 Å². The predicted molar refractivity (Wildman–Crippen MR) is 99.3 cm³/mol. The quantitative estimate of drug-likeness (QED) is 0.825. The zero-order chi connectivity index (χ0) is 16.8. The number of nitrogens with zero attached hydrogens (tertiary/aromatic N) is 2. The van der Waals surface area contributed by atoms with Crippen molar-refractivity contribution in [3.63, 3.8) is 0 Å². The zero-order valence-corrected chi connectivity index (χ0v) is 14.8. The normalized spacial score (nSPS) is 16.7. The number of aromatic carboxylic acids is 1. The molecule has 2 aliphatic rings. The lowest BCUT2D eigenvalue weighted by Gasteiger charge is -2.30.